The zero-order valence-corrected chi connectivity index (χ0v) is 9.95. The summed E-state index contributed by atoms with van der Waals surface area (Å²) in [7, 11) is 0. The quantitative estimate of drug-likeness (QED) is 0.687. The molecule has 15 heavy (non-hydrogen) atoms. The summed E-state index contributed by atoms with van der Waals surface area (Å²) >= 11 is 4.13. The molecule has 1 amide bonds. The highest BCUT2D eigenvalue weighted by atomic mass is 32.1. The Balaban J connectivity index is 2.26. The number of aliphatic hydroxyl groups is 1. The second-order valence-corrected chi connectivity index (χ2v) is 4.57. The largest absolute Gasteiger partial charge is 0.394 e. The number of aliphatic hydroxyl groups excluding tert-OH is 1. The molecule has 88 valence electrons. The van der Waals surface area contributed by atoms with E-state index in [2.05, 4.69) is 12.6 Å². The smallest absolute Gasteiger partial charge is 0.235 e. The number of ether oxygens (including phenoxy) is 1. The molecule has 1 unspecified atom stereocenters. The van der Waals surface area contributed by atoms with Crippen molar-refractivity contribution in [1.29, 1.82) is 0 Å². The van der Waals surface area contributed by atoms with Crippen LogP contribution in [0.2, 0.25) is 0 Å². The molecule has 0 aromatic rings. The van der Waals surface area contributed by atoms with E-state index in [4.69, 9.17) is 9.84 Å². The number of likely N-dealkylation sites (tertiary alicyclic amines) is 1. The van der Waals surface area contributed by atoms with Crippen LogP contribution in [0.1, 0.15) is 19.8 Å². The topological polar surface area (TPSA) is 49.8 Å². The summed E-state index contributed by atoms with van der Waals surface area (Å²) in [6.45, 7) is 3.72. The Labute approximate surface area is 96.0 Å². The Morgan fingerprint density at radius 2 is 2.20 bits per heavy atom. The number of hydrogen-bond acceptors (Lipinski definition) is 4. The molecule has 1 fully saturated rings. The lowest BCUT2D eigenvalue weighted by atomic mass is 10.1. The number of carbonyl (C=O) groups excluding carboxylic acids is 1. The minimum atomic E-state index is -0.222. The molecule has 5 heteroatoms. The van der Waals surface area contributed by atoms with Gasteiger partial charge in [0, 0.05) is 13.1 Å². The number of carbonyl (C=O) groups is 1. The Kier molecular flexibility index (Phi) is 5.42. The summed E-state index contributed by atoms with van der Waals surface area (Å²) in [5, 5.41) is 8.39. The van der Waals surface area contributed by atoms with Crippen molar-refractivity contribution in [2.45, 2.75) is 31.1 Å². The Hall–Kier alpha value is -0.260. The van der Waals surface area contributed by atoms with Gasteiger partial charge < -0.3 is 14.7 Å². The molecule has 1 saturated heterocycles. The first-order chi connectivity index (χ1) is 7.15. The van der Waals surface area contributed by atoms with Crippen LogP contribution in [0.5, 0.6) is 0 Å². The highest BCUT2D eigenvalue weighted by Gasteiger charge is 2.24. The average Bonchev–Trinajstić information content (AvgIpc) is 2.26. The molecule has 0 aromatic carbocycles. The molecule has 0 radical (unpaired) electrons. The van der Waals surface area contributed by atoms with E-state index in [1.165, 1.54) is 0 Å². The number of nitrogens with zero attached hydrogens (tertiary/aromatic N) is 1. The van der Waals surface area contributed by atoms with Gasteiger partial charge in [-0.15, -0.1) is 0 Å². The Morgan fingerprint density at radius 1 is 1.60 bits per heavy atom. The van der Waals surface area contributed by atoms with E-state index in [0.29, 0.717) is 6.61 Å². The van der Waals surface area contributed by atoms with Gasteiger partial charge in [-0.05, 0) is 19.8 Å². The van der Waals surface area contributed by atoms with E-state index in [0.717, 1.165) is 25.9 Å². The first kappa shape index (κ1) is 12.8. The summed E-state index contributed by atoms with van der Waals surface area (Å²) < 4.78 is 5.41. The van der Waals surface area contributed by atoms with Gasteiger partial charge in [-0.1, -0.05) is 0 Å². The number of amides is 1. The van der Waals surface area contributed by atoms with Crippen LogP contribution in [0.4, 0.5) is 0 Å². The van der Waals surface area contributed by atoms with Crippen molar-refractivity contribution in [3.63, 3.8) is 0 Å². The third-order valence-electron chi connectivity index (χ3n) is 2.56. The summed E-state index contributed by atoms with van der Waals surface area (Å²) in [4.78, 5) is 13.4. The standard InChI is InChI=1S/C10H19NO3S/c1-8(15)10(13)11-4-2-9(3-5-11)14-7-6-12/h8-9,12,15H,2-7H2,1H3. The van der Waals surface area contributed by atoms with Crippen LogP contribution < -0.4 is 0 Å². The van der Waals surface area contributed by atoms with Crippen molar-refractivity contribution in [3.05, 3.63) is 0 Å². The minimum absolute atomic E-state index is 0.0623. The van der Waals surface area contributed by atoms with Gasteiger partial charge in [0.15, 0.2) is 0 Å². The summed E-state index contributed by atoms with van der Waals surface area (Å²) in [6, 6.07) is 0. The fraction of sp³-hybridized carbons (Fsp3) is 0.900. The second-order valence-electron chi connectivity index (χ2n) is 3.80. The predicted octanol–water partition coefficient (Wildman–Crippen LogP) is 0.305. The lowest BCUT2D eigenvalue weighted by molar-refractivity contribution is -0.133. The van der Waals surface area contributed by atoms with Gasteiger partial charge in [0.25, 0.3) is 0 Å². The van der Waals surface area contributed by atoms with Crippen LogP contribution in [0, 0.1) is 0 Å². The molecule has 0 bridgehead atoms. The van der Waals surface area contributed by atoms with Crippen LogP contribution in [0.25, 0.3) is 0 Å². The predicted molar refractivity (Wildman–Crippen MR) is 61.1 cm³/mol. The molecule has 0 aliphatic carbocycles. The van der Waals surface area contributed by atoms with Gasteiger partial charge in [0.1, 0.15) is 0 Å². The normalized spacial score (nSPS) is 20.3. The van der Waals surface area contributed by atoms with E-state index < -0.39 is 0 Å². The maximum atomic E-state index is 11.6. The molecule has 4 nitrogen and oxygen atoms in total. The molecule has 1 N–H and O–H groups in total. The van der Waals surface area contributed by atoms with Crippen LogP contribution in [-0.4, -0.2) is 53.6 Å². The van der Waals surface area contributed by atoms with Gasteiger partial charge >= 0.3 is 0 Å². The van der Waals surface area contributed by atoms with E-state index >= 15 is 0 Å². The Morgan fingerprint density at radius 3 is 2.67 bits per heavy atom. The van der Waals surface area contributed by atoms with Gasteiger partial charge in [-0.3, -0.25) is 4.79 Å². The second kappa shape index (κ2) is 6.35. The van der Waals surface area contributed by atoms with Crippen molar-refractivity contribution in [2.24, 2.45) is 0 Å². The fourth-order valence-electron chi connectivity index (χ4n) is 1.73. The molecule has 0 saturated carbocycles. The van der Waals surface area contributed by atoms with Crippen LogP contribution in [-0.2, 0) is 9.53 Å². The lowest BCUT2D eigenvalue weighted by Crippen LogP contribution is -2.43. The van der Waals surface area contributed by atoms with E-state index in [9.17, 15) is 4.79 Å². The van der Waals surface area contributed by atoms with Crippen LogP contribution in [0.3, 0.4) is 0 Å². The lowest BCUT2D eigenvalue weighted by Gasteiger charge is -2.32. The maximum Gasteiger partial charge on any atom is 0.235 e. The van der Waals surface area contributed by atoms with Gasteiger partial charge in [-0.25, -0.2) is 0 Å². The zero-order valence-electron chi connectivity index (χ0n) is 9.06. The monoisotopic (exact) mass is 233 g/mol. The van der Waals surface area contributed by atoms with Crippen molar-refractivity contribution in [3.8, 4) is 0 Å². The van der Waals surface area contributed by atoms with Gasteiger partial charge in [0.2, 0.25) is 5.91 Å². The number of hydrogen-bond donors (Lipinski definition) is 2. The van der Waals surface area contributed by atoms with Crippen molar-refractivity contribution in [1.82, 2.24) is 4.90 Å². The molecule has 1 heterocycles. The summed E-state index contributed by atoms with van der Waals surface area (Å²) in [5.41, 5.74) is 0. The van der Waals surface area contributed by atoms with Crippen LogP contribution >= 0.6 is 12.6 Å². The van der Waals surface area contributed by atoms with E-state index in [-0.39, 0.29) is 23.9 Å². The molecule has 0 spiro atoms. The number of rotatable bonds is 4. The van der Waals surface area contributed by atoms with Crippen molar-refractivity contribution < 1.29 is 14.6 Å². The molecule has 1 aliphatic rings. The molecule has 1 aliphatic heterocycles. The Bertz CT molecular complexity index is 203. The van der Waals surface area contributed by atoms with Crippen molar-refractivity contribution >= 4 is 18.5 Å². The summed E-state index contributed by atoms with van der Waals surface area (Å²) in [6.07, 6.45) is 1.90. The SMILES string of the molecule is CC(S)C(=O)N1CCC(OCCO)CC1. The first-order valence-corrected chi connectivity index (χ1v) is 5.86. The molecular weight excluding hydrogens is 214 g/mol. The maximum absolute atomic E-state index is 11.6. The molecule has 0 aromatic heterocycles. The minimum Gasteiger partial charge on any atom is -0.394 e. The number of thiol groups is 1. The third-order valence-corrected chi connectivity index (χ3v) is 2.78. The number of piperidine rings is 1. The zero-order chi connectivity index (χ0) is 11.3. The van der Waals surface area contributed by atoms with E-state index in [1.54, 1.807) is 6.92 Å². The molecule has 1 rings (SSSR count). The average molecular weight is 233 g/mol. The highest BCUT2D eigenvalue weighted by Crippen LogP contribution is 2.15. The third kappa shape index (κ3) is 4.01. The van der Waals surface area contributed by atoms with Gasteiger partial charge in [-0.2, -0.15) is 12.6 Å². The van der Waals surface area contributed by atoms with Crippen LogP contribution in [0.15, 0.2) is 0 Å². The van der Waals surface area contributed by atoms with Crippen molar-refractivity contribution in [2.75, 3.05) is 26.3 Å². The molecule has 1 atom stereocenters. The first-order valence-electron chi connectivity index (χ1n) is 5.34. The fourth-order valence-corrected chi connectivity index (χ4v) is 1.89. The summed E-state index contributed by atoms with van der Waals surface area (Å²) in [5.74, 6) is 0.0962. The molecular formula is C10H19NO3S. The van der Waals surface area contributed by atoms with E-state index in [1.807, 2.05) is 4.90 Å². The highest BCUT2D eigenvalue weighted by molar-refractivity contribution is 7.81. The van der Waals surface area contributed by atoms with Gasteiger partial charge in [0.05, 0.1) is 24.6 Å².